The van der Waals surface area contributed by atoms with Crippen LogP contribution in [-0.2, 0) is 0 Å². The van der Waals surface area contributed by atoms with Crippen LogP contribution in [0.1, 0.15) is 0 Å². The minimum absolute atomic E-state index is 0.915. The Morgan fingerprint density at radius 3 is 1.65 bits per heavy atom. The Kier molecular flexibility index (Phi) is 2.81. The van der Waals surface area contributed by atoms with Gasteiger partial charge in [-0.05, 0) is 62.6 Å². The normalized spacial score (nSPS) is 12.0. The second-order valence-electron chi connectivity index (χ2n) is 6.73. The standard InChI is InChI=1S/C24H13BrO/c25-14-9-10-19-22-12-20-17-7-3-1-5-15(17)16-6-2-4-8-18(16)21(20)13-24(22)26-23(19)11-14/h1-13H. The van der Waals surface area contributed by atoms with Gasteiger partial charge in [0.1, 0.15) is 11.2 Å². The lowest BCUT2D eigenvalue weighted by atomic mass is 9.93. The van der Waals surface area contributed by atoms with E-state index in [2.05, 4.69) is 88.7 Å². The first-order valence-corrected chi connectivity index (χ1v) is 9.44. The van der Waals surface area contributed by atoms with Crippen molar-refractivity contribution in [2.45, 2.75) is 0 Å². The molecule has 1 heterocycles. The van der Waals surface area contributed by atoms with Gasteiger partial charge in [0.25, 0.3) is 0 Å². The molecule has 0 atom stereocenters. The fourth-order valence-corrected chi connectivity index (χ4v) is 4.49. The highest BCUT2D eigenvalue weighted by Gasteiger charge is 2.13. The third-order valence-electron chi connectivity index (χ3n) is 5.30. The summed E-state index contributed by atoms with van der Waals surface area (Å²) in [6.45, 7) is 0. The molecule has 6 rings (SSSR count). The number of fused-ring (bicyclic) bond motifs is 9. The third kappa shape index (κ3) is 1.85. The van der Waals surface area contributed by atoms with Gasteiger partial charge in [-0.3, -0.25) is 0 Å². The van der Waals surface area contributed by atoms with Gasteiger partial charge in [-0.2, -0.15) is 0 Å². The molecule has 6 aromatic rings. The first-order chi connectivity index (χ1) is 12.8. The van der Waals surface area contributed by atoms with Crippen molar-refractivity contribution in [3.8, 4) is 0 Å². The van der Waals surface area contributed by atoms with E-state index in [1.807, 2.05) is 6.07 Å². The van der Waals surface area contributed by atoms with E-state index in [-0.39, 0.29) is 0 Å². The molecule has 5 aromatic carbocycles. The van der Waals surface area contributed by atoms with Crippen LogP contribution in [0, 0.1) is 0 Å². The fraction of sp³-hybridized carbons (Fsp3) is 0. The van der Waals surface area contributed by atoms with E-state index in [1.54, 1.807) is 0 Å². The van der Waals surface area contributed by atoms with E-state index in [0.717, 1.165) is 21.0 Å². The second kappa shape index (κ2) is 5.09. The van der Waals surface area contributed by atoms with Crippen molar-refractivity contribution in [2.75, 3.05) is 0 Å². The summed E-state index contributed by atoms with van der Waals surface area (Å²) in [7, 11) is 0. The topological polar surface area (TPSA) is 13.1 Å². The highest BCUT2D eigenvalue weighted by molar-refractivity contribution is 9.10. The van der Waals surface area contributed by atoms with E-state index in [4.69, 9.17) is 4.42 Å². The van der Waals surface area contributed by atoms with Gasteiger partial charge in [0.2, 0.25) is 0 Å². The van der Waals surface area contributed by atoms with Gasteiger partial charge in [0.05, 0.1) is 0 Å². The van der Waals surface area contributed by atoms with Crippen LogP contribution in [0.4, 0.5) is 0 Å². The van der Waals surface area contributed by atoms with Gasteiger partial charge in [-0.25, -0.2) is 0 Å². The molecular weight excluding hydrogens is 384 g/mol. The smallest absolute Gasteiger partial charge is 0.136 e. The summed E-state index contributed by atoms with van der Waals surface area (Å²) >= 11 is 3.54. The molecule has 0 amide bonds. The Morgan fingerprint density at radius 1 is 0.462 bits per heavy atom. The maximum Gasteiger partial charge on any atom is 0.136 e. The Bertz CT molecular complexity index is 1490. The molecule has 122 valence electrons. The lowest BCUT2D eigenvalue weighted by Gasteiger charge is -2.10. The molecule has 0 N–H and O–H groups in total. The zero-order valence-corrected chi connectivity index (χ0v) is 15.4. The summed E-state index contributed by atoms with van der Waals surface area (Å²) in [5.74, 6) is 0. The summed E-state index contributed by atoms with van der Waals surface area (Å²) in [5.41, 5.74) is 1.85. The van der Waals surface area contributed by atoms with E-state index in [9.17, 15) is 0 Å². The molecule has 1 nitrogen and oxygen atoms in total. The van der Waals surface area contributed by atoms with Crippen LogP contribution < -0.4 is 0 Å². The molecule has 0 radical (unpaired) electrons. The maximum atomic E-state index is 6.17. The lowest BCUT2D eigenvalue weighted by molar-refractivity contribution is 0.669. The Hall–Kier alpha value is -2.84. The van der Waals surface area contributed by atoms with E-state index < -0.39 is 0 Å². The minimum atomic E-state index is 0.915. The Morgan fingerprint density at radius 2 is 1.00 bits per heavy atom. The average Bonchev–Trinajstić information content (AvgIpc) is 3.03. The van der Waals surface area contributed by atoms with Crippen molar-refractivity contribution in [3.63, 3.8) is 0 Å². The molecule has 0 aliphatic heterocycles. The summed E-state index contributed by atoms with van der Waals surface area (Å²) in [6, 6.07) is 28.0. The third-order valence-corrected chi connectivity index (χ3v) is 5.79. The van der Waals surface area contributed by atoms with Crippen molar-refractivity contribution < 1.29 is 4.42 Å². The van der Waals surface area contributed by atoms with Gasteiger partial charge in [-0.15, -0.1) is 0 Å². The van der Waals surface area contributed by atoms with Crippen molar-refractivity contribution in [1.29, 1.82) is 0 Å². The zero-order valence-electron chi connectivity index (χ0n) is 13.8. The number of rotatable bonds is 0. The van der Waals surface area contributed by atoms with Gasteiger partial charge in [0.15, 0.2) is 0 Å². The largest absolute Gasteiger partial charge is 0.456 e. The van der Waals surface area contributed by atoms with E-state index >= 15 is 0 Å². The first kappa shape index (κ1) is 14.3. The van der Waals surface area contributed by atoms with Crippen LogP contribution in [0.15, 0.2) is 87.8 Å². The Labute approximate surface area is 158 Å². The average molecular weight is 397 g/mol. The summed E-state index contributed by atoms with van der Waals surface area (Å²) < 4.78 is 7.20. The highest BCUT2D eigenvalue weighted by Crippen LogP contribution is 2.39. The molecular formula is C24H13BrO. The van der Waals surface area contributed by atoms with Crippen molar-refractivity contribution in [2.24, 2.45) is 0 Å². The van der Waals surface area contributed by atoms with Crippen LogP contribution in [0.25, 0.3) is 54.3 Å². The molecule has 0 saturated heterocycles. The molecule has 0 aliphatic rings. The summed E-state index contributed by atoms with van der Waals surface area (Å²) in [5, 5.41) is 9.98. The number of benzene rings is 5. The maximum absolute atomic E-state index is 6.17. The second-order valence-corrected chi connectivity index (χ2v) is 7.64. The van der Waals surface area contributed by atoms with Gasteiger partial charge >= 0.3 is 0 Å². The summed E-state index contributed by atoms with van der Waals surface area (Å²) in [4.78, 5) is 0. The van der Waals surface area contributed by atoms with Gasteiger partial charge in [-0.1, -0.05) is 64.5 Å². The van der Waals surface area contributed by atoms with Crippen LogP contribution in [-0.4, -0.2) is 0 Å². The van der Waals surface area contributed by atoms with Crippen LogP contribution in [0.5, 0.6) is 0 Å². The number of halogens is 1. The summed E-state index contributed by atoms with van der Waals surface area (Å²) in [6.07, 6.45) is 0. The van der Waals surface area contributed by atoms with Crippen molar-refractivity contribution in [3.05, 3.63) is 83.3 Å². The highest BCUT2D eigenvalue weighted by atomic mass is 79.9. The minimum Gasteiger partial charge on any atom is -0.456 e. The van der Waals surface area contributed by atoms with Gasteiger partial charge in [0, 0.05) is 15.2 Å². The Balaban J connectivity index is 1.93. The number of furan rings is 1. The molecule has 26 heavy (non-hydrogen) atoms. The molecule has 0 aliphatic carbocycles. The predicted molar refractivity (Wildman–Crippen MR) is 114 cm³/mol. The van der Waals surface area contributed by atoms with Crippen LogP contribution in [0.3, 0.4) is 0 Å². The van der Waals surface area contributed by atoms with E-state index in [1.165, 1.54) is 37.7 Å². The fourth-order valence-electron chi connectivity index (χ4n) is 4.15. The SMILES string of the molecule is Brc1ccc2c(c1)oc1cc3c4ccccc4c4ccccc4c3cc12. The van der Waals surface area contributed by atoms with Gasteiger partial charge < -0.3 is 4.42 Å². The quantitative estimate of drug-likeness (QED) is 0.238. The zero-order chi connectivity index (χ0) is 17.3. The lowest BCUT2D eigenvalue weighted by Crippen LogP contribution is -1.83. The number of hydrogen-bond donors (Lipinski definition) is 0. The van der Waals surface area contributed by atoms with Crippen LogP contribution >= 0.6 is 15.9 Å². The van der Waals surface area contributed by atoms with E-state index in [0.29, 0.717) is 0 Å². The molecule has 0 fully saturated rings. The number of hydrogen-bond acceptors (Lipinski definition) is 1. The molecule has 0 bridgehead atoms. The van der Waals surface area contributed by atoms with Crippen molar-refractivity contribution in [1.82, 2.24) is 0 Å². The first-order valence-electron chi connectivity index (χ1n) is 8.64. The molecule has 0 spiro atoms. The predicted octanol–water partition coefficient (Wildman–Crippen LogP) is 7.81. The molecule has 1 aromatic heterocycles. The monoisotopic (exact) mass is 396 g/mol. The molecule has 2 heteroatoms. The molecule has 0 unspecified atom stereocenters. The molecule has 0 saturated carbocycles. The van der Waals surface area contributed by atoms with Crippen molar-refractivity contribution >= 4 is 70.2 Å². The van der Waals surface area contributed by atoms with Crippen LogP contribution in [0.2, 0.25) is 0 Å².